The molecule has 8 nitrogen and oxygen atoms in total. The van der Waals surface area contributed by atoms with Gasteiger partial charge in [0.25, 0.3) is 18.2 Å². The summed E-state index contributed by atoms with van der Waals surface area (Å²) in [5, 5.41) is 7.25. The number of nitrogens with zero attached hydrogens (tertiary/aromatic N) is 3. The number of carbonyl (C=O) groups excluding carboxylic acids is 2. The maximum atomic E-state index is 13.1. The molecule has 0 aliphatic heterocycles. The van der Waals surface area contributed by atoms with Crippen LogP contribution in [0, 0.1) is 20.8 Å². The number of carbonyl (C=O) groups is 2. The van der Waals surface area contributed by atoms with E-state index in [1.54, 1.807) is 13.1 Å². The van der Waals surface area contributed by atoms with Gasteiger partial charge in [0, 0.05) is 11.6 Å². The van der Waals surface area contributed by atoms with E-state index in [0.29, 0.717) is 16.7 Å². The number of nitrogens with two attached hydrogens (primary N) is 1. The Hall–Kier alpha value is -3.86. The van der Waals surface area contributed by atoms with Crippen LogP contribution in [0.15, 0.2) is 36.5 Å². The molecular formula is C23H21F2N5O3S. The molecule has 0 aliphatic rings. The number of hydrogen-bond acceptors (Lipinski definition) is 6. The highest BCUT2D eigenvalue weighted by atomic mass is 32.1. The topological polar surface area (TPSA) is 112 Å². The molecule has 3 N–H and O–H groups in total. The zero-order chi connectivity index (χ0) is 24.6. The SMILES string of the molecule is Cc1cc(C)cc(OCn2ccc(C(=O)Nc3c(C(N)=O)sc4nc(C(F)F)cc(C)c34)n2)c1. The van der Waals surface area contributed by atoms with Gasteiger partial charge in [0.05, 0.1) is 5.69 Å². The third kappa shape index (κ3) is 4.74. The van der Waals surface area contributed by atoms with Crippen LogP contribution in [-0.2, 0) is 6.73 Å². The summed E-state index contributed by atoms with van der Waals surface area (Å²) in [6.07, 6.45) is -1.19. The van der Waals surface area contributed by atoms with E-state index in [1.807, 2.05) is 32.0 Å². The van der Waals surface area contributed by atoms with Crippen LogP contribution in [0.1, 0.15) is 49.0 Å². The van der Waals surface area contributed by atoms with Crippen LogP contribution in [0.25, 0.3) is 10.2 Å². The predicted molar refractivity (Wildman–Crippen MR) is 125 cm³/mol. The first-order valence-corrected chi connectivity index (χ1v) is 11.0. The number of anilines is 1. The molecule has 34 heavy (non-hydrogen) atoms. The molecule has 3 aromatic heterocycles. The fourth-order valence-electron chi connectivity index (χ4n) is 3.60. The van der Waals surface area contributed by atoms with Crippen LogP contribution in [-0.4, -0.2) is 26.6 Å². The van der Waals surface area contributed by atoms with E-state index in [0.717, 1.165) is 22.5 Å². The Morgan fingerprint density at radius 1 is 1.18 bits per heavy atom. The van der Waals surface area contributed by atoms with Crippen LogP contribution in [0.2, 0.25) is 0 Å². The summed E-state index contributed by atoms with van der Waals surface area (Å²) in [7, 11) is 0. The monoisotopic (exact) mass is 485 g/mol. The van der Waals surface area contributed by atoms with Gasteiger partial charge in [-0.05, 0) is 61.7 Å². The Kier molecular flexibility index (Phi) is 6.29. The number of amides is 2. The lowest BCUT2D eigenvalue weighted by atomic mass is 10.1. The molecule has 0 saturated heterocycles. The molecule has 0 aliphatic carbocycles. The number of alkyl halides is 2. The summed E-state index contributed by atoms with van der Waals surface area (Å²) in [5.41, 5.74) is 7.83. The van der Waals surface area contributed by atoms with E-state index in [-0.39, 0.29) is 27.8 Å². The van der Waals surface area contributed by atoms with Gasteiger partial charge in [0.1, 0.15) is 21.2 Å². The zero-order valence-electron chi connectivity index (χ0n) is 18.6. The third-order valence-corrected chi connectivity index (χ3v) is 6.10. The molecule has 0 fully saturated rings. The van der Waals surface area contributed by atoms with Crippen LogP contribution in [0.3, 0.4) is 0 Å². The van der Waals surface area contributed by atoms with Crippen LogP contribution in [0.4, 0.5) is 14.5 Å². The molecule has 2 amide bonds. The number of nitrogens with one attached hydrogen (secondary N) is 1. The van der Waals surface area contributed by atoms with E-state index in [2.05, 4.69) is 15.4 Å². The minimum Gasteiger partial charge on any atom is -0.471 e. The van der Waals surface area contributed by atoms with E-state index in [1.165, 1.54) is 16.8 Å². The van der Waals surface area contributed by atoms with Gasteiger partial charge in [-0.15, -0.1) is 11.3 Å². The number of primary amides is 1. The van der Waals surface area contributed by atoms with E-state index in [9.17, 15) is 18.4 Å². The Labute approximate surface area is 197 Å². The molecule has 11 heteroatoms. The summed E-state index contributed by atoms with van der Waals surface area (Å²) in [6, 6.07) is 8.54. The van der Waals surface area contributed by atoms with E-state index >= 15 is 0 Å². The van der Waals surface area contributed by atoms with Crippen molar-refractivity contribution < 1.29 is 23.1 Å². The highest BCUT2D eigenvalue weighted by Gasteiger charge is 2.24. The van der Waals surface area contributed by atoms with E-state index < -0.39 is 23.9 Å². The number of halogens is 2. The van der Waals surface area contributed by atoms with Crippen LogP contribution in [0.5, 0.6) is 5.75 Å². The fraction of sp³-hybridized carbons (Fsp3) is 0.217. The number of hydrogen-bond donors (Lipinski definition) is 2. The first-order chi connectivity index (χ1) is 16.1. The normalized spacial score (nSPS) is 11.2. The fourth-order valence-corrected chi connectivity index (χ4v) is 4.67. The molecule has 3 heterocycles. The molecular weight excluding hydrogens is 464 g/mol. The number of benzene rings is 1. The smallest absolute Gasteiger partial charge is 0.280 e. The lowest BCUT2D eigenvalue weighted by molar-refractivity contribution is 0.100. The van der Waals surface area contributed by atoms with E-state index in [4.69, 9.17) is 10.5 Å². The van der Waals surface area contributed by atoms with Gasteiger partial charge in [0.15, 0.2) is 12.4 Å². The van der Waals surface area contributed by atoms with Crippen molar-refractivity contribution in [2.24, 2.45) is 5.73 Å². The number of thiophene rings is 1. The molecule has 0 bridgehead atoms. The summed E-state index contributed by atoms with van der Waals surface area (Å²) < 4.78 is 33.5. The number of aromatic nitrogens is 3. The molecule has 1 aromatic carbocycles. The maximum absolute atomic E-state index is 13.1. The van der Waals surface area contributed by atoms with Gasteiger partial charge in [-0.3, -0.25) is 9.59 Å². The number of rotatable bonds is 7. The van der Waals surface area contributed by atoms with Crippen molar-refractivity contribution in [1.82, 2.24) is 14.8 Å². The number of pyridine rings is 1. The second-order valence-electron chi connectivity index (χ2n) is 7.81. The molecule has 4 rings (SSSR count). The average Bonchev–Trinajstić information content (AvgIpc) is 3.37. The Bertz CT molecular complexity index is 1390. The zero-order valence-corrected chi connectivity index (χ0v) is 19.4. The highest BCUT2D eigenvalue weighted by molar-refractivity contribution is 7.21. The second kappa shape index (κ2) is 9.18. The van der Waals surface area contributed by atoms with Gasteiger partial charge in [-0.25, -0.2) is 18.4 Å². The summed E-state index contributed by atoms with van der Waals surface area (Å²) in [6.45, 7) is 5.62. The lowest BCUT2D eigenvalue weighted by Gasteiger charge is -2.08. The Morgan fingerprint density at radius 2 is 1.88 bits per heavy atom. The van der Waals surface area contributed by atoms with Crippen molar-refractivity contribution in [2.45, 2.75) is 33.9 Å². The molecule has 0 atom stereocenters. The standard InChI is InChI=1S/C23H21F2N5O3S/c1-11-6-12(2)8-14(7-11)33-10-30-5-4-15(29-30)22(32)28-18-17-13(3)9-16(20(24)25)27-23(17)34-19(18)21(26)31/h4-9,20H,10H2,1-3H3,(H2,26,31)(H,28,32). The second-order valence-corrected chi connectivity index (χ2v) is 8.81. The quantitative estimate of drug-likeness (QED) is 0.393. The Balaban J connectivity index is 1.57. The number of aryl methyl sites for hydroxylation is 3. The molecule has 0 saturated carbocycles. The average molecular weight is 486 g/mol. The van der Waals surface area contributed by atoms with Gasteiger partial charge in [-0.2, -0.15) is 5.10 Å². The first kappa shape index (κ1) is 23.3. The minimum atomic E-state index is -2.77. The highest BCUT2D eigenvalue weighted by Crippen LogP contribution is 2.38. The molecule has 176 valence electrons. The molecule has 4 aromatic rings. The van der Waals surface area contributed by atoms with Crippen molar-refractivity contribution in [3.8, 4) is 5.75 Å². The summed E-state index contributed by atoms with van der Waals surface area (Å²) in [4.78, 5) is 29.0. The molecule has 0 radical (unpaired) electrons. The van der Waals surface area contributed by atoms with Crippen molar-refractivity contribution in [3.05, 3.63) is 69.5 Å². The first-order valence-electron chi connectivity index (χ1n) is 10.2. The summed E-state index contributed by atoms with van der Waals surface area (Å²) >= 11 is 0.849. The van der Waals surface area contributed by atoms with Crippen LogP contribution < -0.4 is 15.8 Å². The third-order valence-electron chi connectivity index (χ3n) is 5.00. The van der Waals surface area contributed by atoms with Crippen molar-refractivity contribution in [3.63, 3.8) is 0 Å². The van der Waals surface area contributed by atoms with Crippen molar-refractivity contribution in [2.75, 3.05) is 5.32 Å². The van der Waals surface area contributed by atoms with Crippen LogP contribution >= 0.6 is 11.3 Å². The lowest BCUT2D eigenvalue weighted by Crippen LogP contribution is -2.18. The number of ether oxygens (including phenoxy) is 1. The molecule has 0 spiro atoms. The van der Waals surface area contributed by atoms with Gasteiger partial charge < -0.3 is 15.8 Å². The van der Waals surface area contributed by atoms with Gasteiger partial charge in [-0.1, -0.05) is 6.07 Å². The minimum absolute atomic E-state index is 0.0166. The molecule has 0 unspecified atom stereocenters. The Morgan fingerprint density at radius 3 is 2.53 bits per heavy atom. The van der Waals surface area contributed by atoms with Gasteiger partial charge in [0.2, 0.25) is 0 Å². The predicted octanol–water partition coefficient (Wildman–Crippen LogP) is 4.74. The summed E-state index contributed by atoms with van der Waals surface area (Å²) in [5.74, 6) is -0.714. The number of fused-ring (bicyclic) bond motifs is 1. The van der Waals surface area contributed by atoms with Crippen molar-refractivity contribution in [1.29, 1.82) is 0 Å². The van der Waals surface area contributed by atoms with Crippen molar-refractivity contribution >= 4 is 39.1 Å². The maximum Gasteiger partial charge on any atom is 0.280 e. The largest absolute Gasteiger partial charge is 0.471 e. The van der Waals surface area contributed by atoms with Gasteiger partial charge >= 0.3 is 0 Å².